The summed E-state index contributed by atoms with van der Waals surface area (Å²) in [5.41, 5.74) is 0.886. The predicted molar refractivity (Wildman–Crippen MR) is 63.4 cm³/mol. The fourth-order valence-electron chi connectivity index (χ4n) is 1.61. The molecule has 2 nitrogen and oxygen atoms in total. The van der Waals surface area contributed by atoms with Crippen molar-refractivity contribution in [2.75, 3.05) is 11.4 Å². The molecule has 1 aliphatic heterocycles. The number of amides is 1. The largest absolute Gasteiger partial charge is 0.310 e. The first kappa shape index (κ1) is 9.93. The van der Waals surface area contributed by atoms with E-state index in [2.05, 4.69) is 25.3 Å². The van der Waals surface area contributed by atoms with Crippen LogP contribution in [0.25, 0.3) is 0 Å². The number of nitrogens with zero attached hydrogens (tertiary/aromatic N) is 1. The number of hydrogen-bond acceptors (Lipinski definition) is 3. The monoisotopic (exact) mass is 225 g/mol. The number of rotatable bonds is 1. The van der Waals surface area contributed by atoms with E-state index in [1.165, 1.54) is 0 Å². The van der Waals surface area contributed by atoms with E-state index in [-0.39, 0.29) is 11.2 Å². The Morgan fingerprint density at radius 3 is 2.64 bits per heavy atom. The molecule has 1 unspecified atom stereocenters. The molecule has 1 aliphatic rings. The Balaban J connectivity index is 2.32. The molecular weight excluding hydrogens is 214 g/mol. The molecule has 0 radical (unpaired) electrons. The zero-order valence-corrected chi connectivity index (χ0v) is 9.34. The van der Waals surface area contributed by atoms with E-state index < -0.39 is 0 Å². The lowest BCUT2D eigenvalue weighted by molar-refractivity contribution is -0.117. The van der Waals surface area contributed by atoms with Gasteiger partial charge in [-0.2, -0.15) is 12.6 Å². The Labute approximate surface area is 94.1 Å². The highest BCUT2D eigenvalue weighted by Gasteiger charge is 2.28. The standard InChI is InChI=1S/C10H11NOS2/c12-10-5-7(13)6-11(10)8-3-1-2-4-9(8)14/h1-4,7,13-14H,5-6H2. The van der Waals surface area contributed by atoms with Gasteiger partial charge in [0.25, 0.3) is 0 Å². The zero-order chi connectivity index (χ0) is 10.1. The van der Waals surface area contributed by atoms with Crippen molar-refractivity contribution in [3.05, 3.63) is 24.3 Å². The summed E-state index contributed by atoms with van der Waals surface area (Å²) in [6.45, 7) is 0.680. The van der Waals surface area contributed by atoms with Gasteiger partial charge in [-0.25, -0.2) is 0 Å². The van der Waals surface area contributed by atoms with E-state index in [0.29, 0.717) is 13.0 Å². The summed E-state index contributed by atoms with van der Waals surface area (Å²) in [5.74, 6) is 0.131. The zero-order valence-electron chi connectivity index (χ0n) is 7.55. The predicted octanol–water partition coefficient (Wildman–Crippen LogP) is 2.01. The first-order valence-electron chi connectivity index (χ1n) is 4.45. The maximum absolute atomic E-state index is 11.6. The van der Waals surface area contributed by atoms with Crippen molar-refractivity contribution in [2.24, 2.45) is 0 Å². The van der Waals surface area contributed by atoms with Crippen molar-refractivity contribution >= 4 is 36.9 Å². The van der Waals surface area contributed by atoms with Crippen LogP contribution in [-0.4, -0.2) is 17.7 Å². The van der Waals surface area contributed by atoms with Crippen molar-refractivity contribution in [1.82, 2.24) is 0 Å². The summed E-state index contributed by atoms with van der Waals surface area (Å²) in [7, 11) is 0. The third-order valence-corrected chi connectivity index (χ3v) is 3.00. The Kier molecular flexibility index (Phi) is 2.74. The molecule has 0 spiro atoms. The lowest BCUT2D eigenvalue weighted by Crippen LogP contribution is -2.24. The highest BCUT2D eigenvalue weighted by atomic mass is 32.1. The summed E-state index contributed by atoms with van der Waals surface area (Å²) >= 11 is 8.63. The molecule has 4 heteroatoms. The first-order valence-corrected chi connectivity index (χ1v) is 5.41. The maximum atomic E-state index is 11.6. The van der Waals surface area contributed by atoms with Crippen molar-refractivity contribution in [3.8, 4) is 0 Å². The molecule has 1 amide bonds. The van der Waals surface area contributed by atoms with Gasteiger partial charge in [-0.1, -0.05) is 12.1 Å². The van der Waals surface area contributed by atoms with Crippen LogP contribution in [0.1, 0.15) is 6.42 Å². The van der Waals surface area contributed by atoms with E-state index >= 15 is 0 Å². The second kappa shape index (κ2) is 3.87. The van der Waals surface area contributed by atoms with Gasteiger partial charge in [-0.05, 0) is 12.1 Å². The third kappa shape index (κ3) is 1.77. The Hall–Kier alpha value is -0.610. The second-order valence-electron chi connectivity index (χ2n) is 3.35. The summed E-state index contributed by atoms with van der Waals surface area (Å²) in [4.78, 5) is 14.2. The van der Waals surface area contributed by atoms with Crippen LogP contribution in [0.4, 0.5) is 5.69 Å². The molecule has 0 N–H and O–H groups in total. The molecule has 2 rings (SSSR count). The lowest BCUT2D eigenvalue weighted by atomic mass is 10.3. The fraction of sp³-hybridized carbons (Fsp3) is 0.300. The van der Waals surface area contributed by atoms with E-state index in [1.807, 2.05) is 24.3 Å². The van der Waals surface area contributed by atoms with Crippen LogP contribution in [0, 0.1) is 0 Å². The number of carbonyl (C=O) groups is 1. The molecule has 0 saturated carbocycles. The van der Waals surface area contributed by atoms with E-state index in [1.54, 1.807) is 4.90 Å². The highest BCUT2D eigenvalue weighted by molar-refractivity contribution is 7.81. The summed E-state index contributed by atoms with van der Waals surface area (Å²) in [5, 5.41) is 0.149. The van der Waals surface area contributed by atoms with Gasteiger partial charge in [-0.3, -0.25) is 4.79 Å². The Morgan fingerprint density at radius 2 is 2.07 bits per heavy atom. The van der Waals surface area contributed by atoms with Crippen LogP contribution in [0.3, 0.4) is 0 Å². The van der Waals surface area contributed by atoms with Crippen LogP contribution in [0.5, 0.6) is 0 Å². The van der Waals surface area contributed by atoms with E-state index in [9.17, 15) is 4.79 Å². The molecule has 0 aromatic heterocycles. The molecule has 1 saturated heterocycles. The number of anilines is 1. The number of benzene rings is 1. The molecule has 14 heavy (non-hydrogen) atoms. The van der Waals surface area contributed by atoms with Crippen LogP contribution in [0.15, 0.2) is 29.2 Å². The third-order valence-electron chi connectivity index (χ3n) is 2.28. The molecule has 74 valence electrons. The average molecular weight is 225 g/mol. The summed E-state index contributed by atoms with van der Waals surface area (Å²) in [6, 6.07) is 7.61. The minimum absolute atomic E-state index is 0.131. The van der Waals surface area contributed by atoms with Gasteiger partial charge in [0, 0.05) is 23.1 Å². The molecular formula is C10H11NOS2. The minimum Gasteiger partial charge on any atom is -0.310 e. The molecule has 0 aliphatic carbocycles. The lowest BCUT2D eigenvalue weighted by Gasteiger charge is -2.17. The molecule has 1 aromatic carbocycles. The molecule has 1 fully saturated rings. The van der Waals surface area contributed by atoms with Crippen LogP contribution in [0.2, 0.25) is 0 Å². The molecule has 1 heterocycles. The molecule has 0 bridgehead atoms. The number of hydrogen-bond donors (Lipinski definition) is 2. The van der Waals surface area contributed by atoms with E-state index in [0.717, 1.165) is 10.6 Å². The average Bonchev–Trinajstić information content (AvgIpc) is 2.46. The van der Waals surface area contributed by atoms with Crippen molar-refractivity contribution < 1.29 is 4.79 Å². The smallest absolute Gasteiger partial charge is 0.228 e. The van der Waals surface area contributed by atoms with Gasteiger partial charge in [0.05, 0.1) is 5.69 Å². The Morgan fingerprint density at radius 1 is 1.36 bits per heavy atom. The van der Waals surface area contributed by atoms with Crippen LogP contribution >= 0.6 is 25.3 Å². The van der Waals surface area contributed by atoms with Crippen molar-refractivity contribution in [2.45, 2.75) is 16.6 Å². The van der Waals surface area contributed by atoms with Gasteiger partial charge < -0.3 is 4.90 Å². The van der Waals surface area contributed by atoms with Crippen LogP contribution in [-0.2, 0) is 4.79 Å². The van der Waals surface area contributed by atoms with Gasteiger partial charge in [0.15, 0.2) is 0 Å². The fourth-order valence-corrected chi connectivity index (χ4v) is 2.21. The number of thiol groups is 2. The topological polar surface area (TPSA) is 20.3 Å². The SMILES string of the molecule is O=C1CC(S)CN1c1ccccc1S. The quantitative estimate of drug-likeness (QED) is 0.701. The molecule has 1 aromatic rings. The van der Waals surface area contributed by atoms with Gasteiger partial charge >= 0.3 is 0 Å². The normalized spacial score (nSPS) is 21.7. The van der Waals surface area contributed by atoms with Gasteiger partial charge in [0.2, 0.25) is 5.91 Å². The maximum Gasteiger partial charge on any atom is 0.228 e. The molecule has 1 atom stereocenters. The number of carbonyl (C=O) groups excluding carboxylic acids is 1. The van der Waals surface area contributed by atoms with Crippen molar-refractivity contribution in [1.29, 1.82) is 0 Å². The Bertz CT molecular complexity index is 367. The van der Waals surface area contributed by atoms with Crippen molar-refractivity contribution in [3.63, 3.8) is 0 Å². The van der Waals surface area contributed by atoms with Gasteiger partial charge in [-0.15, -0.1) is 12.6 Å². The van der Waals surface area contributed by atoms with Gasteiger partial charge in [0.1, 0.15) is 0 Å². The summed E-state index contributed by atoms with van der Waals surface area (Å²) < 4.78 is 0. The first-order chi connectivity index (χ1) is 6.68. The minimum atomic E-state index is 0.131. The van der Waals surface area contributed by atoms with Crippen LogP contribution < -0.4 is 4.90 Å². The summed E-state index contributed by atoms with van der Waals surface area (Å²) in [6.07, 6.45) is 0.519. The number of para-hydroxylation sites is 1. The van der Waals surface area contributed by atoms with E-state index in [4.69, 9.17) is 0 Å². The highest BCUT2D eigenvalue weighted by Crippen LogP contribution is 2.28. The second-order valence-corrected chi connectivity index (χ2v) is 4.56.